The van der Waals surface area contributed by atoms with E-state index in [-0.39, 0.29) is 0 Å². The van der Waals surface area contributed by atoms with Crippen LogP contribution in [0.1, 0.15) is 12.5 Å². The van der Waals surface area contributed by atoms with E-state index >= 15 is 0 Å². The average molecular weight is 137 g/mol. The lowest BCUT2D eigenvalue weighted by Gasteiger charge is -2.02. The fourth-order valence-electron chi connectivity index (χ4n) is 1.00. The Morgan fingerprint density at radius 3 is 2.60 bits per heavy atom. The van der Waals surface area contributed by atoms with Crippen LogP contribution in [0.25, 0.3) is 0 Å². The summed E-state index contributed by atoms with van der Waals surface area (Å²) in [5.74, 6) is 3.61. The summed E-state index contributed by atoms with van der Waals surface area (Å²) in [4.78, 5) is 0. The molecule has 0 fully saturated rings. The second-order valence-electron chi connectivity index (χ2n) is 2.19. The van der Waals surface area contributed by atoms with Crippen molar-refractivity contribution in [1.29, 1.82) is 0 Å². The van der Waals surface area contributed by atoms with Crippen LogP contribution in [-0.4, -0.2) is 0 Å². The summed E-state index contributed by atoms with van der Waals surface area (Å²) in [6.45, 7) is 2.14. The number of benzene rings is 1. The first-order valence-corrected chi connectivity index (χ1v) is 3.49. The van der Waals surface area contributed by atoms with Gasteiger partial charge < -0.3 is 0 Å². The Labute approximate surface area is 61.0 Å². The van der Waals surface area contributed by atoms with Gasteiger partial charge in [0.1, 0.15) is 0 Å². The van der Waals surface area contributed by atoms with E-state index in [0.717, 1.165) is 12.1 Å². The molecule has 54 valence electrons. The molecule has 0 amide bonds. The molecule has 2 nitrogen and oxygen atoms in total. The van der Waals surface area contributed by atoms with Crippen LogP contribution in [0, 0.1) is 0 Å². The molecule has 0 aliphatic carbocycles. The number of hydrogen-bond donors (Lipinski definition) is 2. The average Bonchev–Trinajstić information content (AvgIpc) is 2.04. The number of aryl methyl sites for hydroxylation is 1. The van der Waals surface area contributed by atoms with Crippen molar-refractivity contribution >= 4 is 5.69 Å². The van der Waals surface area contributed by atoms with Gasteiger partial charge in [0, 0.05) is 0 Å². The monoisotopic (exact) mass is 137 g/mol. The number of anilines is 1. The molecule has 0 aromatic heterocycles. The van der Waals surface area contributed by atoms with Gasteiger partial charge in [-0.15, -0.1) is 0 Å². The van der Waals surface area contributed by atoms with Gasteiger partial charge in [0.2, 0.25) is 0 Å². The first-order chi connectivity index (χ1) is 4.88. The van der Waals surface area contributed by atoms with Gasteiger partial charge in [-0.2, -0.15) is 0 Å². The van der Waals surface area contributed by atoms with E-state index in [4.69, 9.17) is 0 Å². The lowest BCUT2D eigenvalue weighted by Crippen LogP contribution is -2.56. The molecule has 0 saturated carbocycles. The van der Waals surface area contributed by atoms with Crippen molar-refractivity contribution in [2.24, 2.45) is 0 Å². The van der Waals surface area contributed by atoms with Crippen molar-refractivity contribution in [3.05, 3.63) is 29.8 Å². The maximum atomic E-state index is 3.61. The van der Waals surface area contributed by atoms with E-state index < -0.39 is 0 Å². The van der Waals surface area contributed by atoms with Crippen LogP contribution in [0.4, 0.5) is 5.69 Å². The van der Waals surface area contributed by atoms with Crippen LogP contribution in [0.2, 0.25) is 0 Å². The molecule has 0 unspecified atom stereocenters. The largest absolute Gasteiger partial charge is 0.258 e. The fraction of sp³-hybridized carbons (Fsp3) is 0.250. The zero-order chi connectivity index (χ0) is 7.40. The number of quaternary nitrogens is 1. The smallest absolute Gasteiger partial charge is 0.0879 e. The molecule has 2 heteroatoms. The quantitative estimate of drug-likeness (QED) is 0.582. The van der Waals surface area contributed by atoms with Gasteiger partial charge in [-0.25, -0.2) is 5.43 Å². The Morgan fingerprint density at radius 1 is 1.40 bits per heavy atom. The van der Waals surface area contributed by atoms with Gasteiger partial charge in [-0.3, -0.25) is 5.84 Å². The summed E-state index contributed by atoms with van der Waals surface area (Å²) in [5.41, 5.74) is 5.34. The van der Waals surface area contributed by atoms with Gasteiger partial charge in [-0.05, 0) is 18.1 Å². The maximum Gasteiger partial charge on any atom is 0.0879 e. The van der Waals surface area contributed by atoms with Crippen LogP contribution in [0.15, 0.2) is 24.3 Å². The highest BCUT2D eigenvalue weighted by atomic mass is 15.2. The minimum absolute atomic E-state index is 1.05. The zero-order valence-electron chi connectivity index (χ0n) is 6.22. The van der Waals surface area contributed by atoms with Crippen molar-refractivity contribution in [1.82, 2.24) is 0 Å². The summed E-state index contributed by atoms with van der Waals surface area (Å²) in [6.07, 6.45) is 1.05. The van der Waals surface area contributed by atoms with Crippen LogP contribution in [0.5, 0.6) is 0 Å². The van der Waals surface area contributed by atoms with Gasteiger partial charge in [0.15, 0.2) is 0 Å². The summed E-state index contributed by atoms with van der Waals surface area (Å²) < 4.78 is 0. The Hall–Kier alpha value is -1.02. The lowest BCUT2D eigenvalue weighted by molar-refractivity contribution is -0.325. The van der Waals surface area contributed by atoms with Crippen molar-refractivity contribution in [2.75, 3.05) is 5.43 Å². The van der Waals surface area contributed by atoms with Crippen molar-refractivity contribution in [3.63, 3.8) is 0 Å². The van der Waals surface area contributed by atoms with Crippen molar-refractivity contribution in [2.45, 2.75) is 13.3 Å². The predicted octanol–water partition coefficient (Wildman–Crippen LogP) is 0.818. The summed E-state index contributed by atoms with van der Waals surface area (Å²) in [5, 5.41) is 0. The van der Waals surface area contributed by atoms with Crippen molar-refractivity contribution in [3.8, 4) is 0 Å². The maximum absolute atomic E-state index is 3.61. The summed E-state index contributed by atoms with van der Waals surface area (Å²) in [6, 6.07) is 8.19. The fourth-order valence-corrected chi connectivity index (χ4v) is 1.00. The molecule has 0 saturated heterocycles. The minimum atomic E-state index is 1.05. The molecule has 0 bridgehead atoms. The number of hydrogen-bond acceptors (Lipinski definition) is 1. The second-order valence-corrected chi connectivity index (χ2v) is 2.19. The van der Waals surface area contributed by atoms with Crippen LogP contribution in [-0.2, 0) is 6.42 Å². The van der Waals surface area contributed by atoms with Crippen molar-refractivity contribution < 1.29 is 5.84 Å². The SMILES string of the molecule is CCc1ccccc1N[NH3+]. The molecular weight excluding hydrogens is 124 g/mol. The highest BCUT2D eigenvalue weighted by molar-refractivity contribution is 5.48. The molecular formula is C8H13N2+. The Balaban J connectivity index is 2.96. The minimum Gasteiger partial charge on any atom is -0.258 e. The first-order valence-electron chi connectivity index (χ1n) is 3.49. The molecule has 0 heterocycles. The third-order valence-corrected chi connectivity index (χ3v) is 1.59. The molecule has 1 rings (SSSR count). The topological polar surface area (TPSA) is 39.7 Å². The van der Waals surface area contributed by atoms with Crippen LogP contribution < -0.4 is 11.3 Å². The highest BCUT2D eigenvalue weighted by Gasteiger charge is 1.95. The Kier molecular flexibility index (Phi) is 2.29. The molecule has 0 spiro atoms. The van der Waals surface area contributed by atoms with Gasteiger partial charge in [0.05, 0.1) is 5.69 Å². The molecule has 0 aliphatic rings. The van der Waals surface area contributed by atoms with Gasteiger partial charge >= 0.3 is 0 Å². The summed E-state index contributed by atoms with van der Waals surface area (Å²) >= 11 is 0. The van der Waals surface area contributed by atoms with Gasteiger partial charge in [0.25, 0.3) is 0 Å². The number of rotatable bonds is 2. The molecule has 1 aromatic rings. The molecule has 4 N–H and O–H groups in total. The Morgan fingerprint density at radius 2 is 2.10 bits per heavy atom. The van der Waals surface area contributed by atoms with Gasteiger partial charge in [-0.1, -0.05) is 25.1 Å². The first kappa shape index (κ1) is 7.09. The highest BCUT2D eigenvalue weighted by Crippen LogP contribution is 2.12. The third-order valence-electron chi connectivity index (χ3n) is 1.59. The number of nitrogens with one attached hydrogen (secondary N) is 1. The van der Waals surface area contributed by atoms with E-state index in [1.165, 1.54) is 5.56 Å². The van der Waals surface area contributed by atoms with E-state index in [2.05, 4.69) is 24.3 Å². The molecule has 0 aliphatic heterocycles. The van der Waals surface area contributed by atoms with E-state index in [0.29, 0.717) is 0 Å². The standard InChI is InChI=1S/C8H12N2/c1-2-7-5-3-4-6-8(7)10-9/h3-6,10H,2,9H2,1H3/p+1. The predicted molar refractivity (Wildman–Crippen MR) is 42.3 cm³/mol. The molecule has 1 aromatic carbocycles. The van der Waals surface area contributed by atoms with Crippen LogP contribution >= 0.6 is 0 Å². The number of para-hydroxylation sites is 1. The molecule has 0 radical (unpaired) electrons. The molecule has 10 heavy (non-hydrogen) atoms. The third kappa shape index (κ3) is 1.28. The molecule has 0 atom stereocenters. The summed E-state index contributed by atoms with van der Waals surface area (Å²) in [7, 11) is 0. The Bertz CT molecular complexity index is 185. The lowest BCUT2D eigenvalue weighted by atomic mass is 10.1. The van der Waals surface area contributed by atoms with E-state index in [1.807, 2.05) is 18.2 Å². The van der Waals surface area contributed by atoms with E-state index in [9.17, 15) is 0 Å². The van der Waals surface area contributed by atoms with Crippen LogP contribution in [0.3, 0.4) is 0 Å². The second kappa shape index (κ2) is 3.22. The normalized spacial score (nSPS) is 9.40. The van der Waals surface area contributed by atoms with E-state index in [1.54, 1.807) is 0 Å². The zero-order valence-corrected chi connectivity index (χ0v) is 6.22.